The summed E-state index contributed by atoms with van der Waals surface area (Å²) in [5.41, 5.74) is 1.22. The first kappa shape index (κ1) is 20.1. The van der Waals surface area contributed by atoms with Crippen molar-refractivity contribution in [3.63, 3.8) is 0 Å². The average molecular weight is 361 g/mol. The lowest BCUT2D eigenvalue weighted by Gasteiger charge is -2.13. The van der Waals surface area contributed by atoms with E-state index in [1.54, 1.807) is 7.05 Å². The monoisotopic (exact) mass is 360 g/mol. The number of nitrogens with one attached hydrogen (secondary N) is 3. The summed E-state index contributed by atoms with van der Waals surface area (Å²) < 4.78 is 5.67. The molecule has 0 atom stereocenters. The molecule has 0 saturated heterocycles. The molecule has 0 aliphatic heterocycles. The second-order valence-electron chi connectivity index (χ2n) is 6.79. The topological polar surface area (TPSA) is 74.8 Å². The molecule has 1 aliphatic rings. The molecule has 1 aromatic rings. The molecule has 0 aromatic heterocycles. The number of aliphatic imine (C=N–C) groups is 1. The van der Waals surface area contributed by atoms with Crippen molar-refractivity contribution >= 4 is 11.9 Å². The number of hydrogen-bond donors (Lipinski definition) is 3. The first-order chi connectivity index (χ1) is 12.7. The standard InChI is InChI=1S/C20H32N4O2/c1-16-7-9-18(10-8-16)26-14-13-24-20(21-2)23-12-11-22-19(25)15-17-5-3-4-6-17/h7-10,17H,3-6,11-15H2,1-2H3,(H,22,25)(H2,21,23,24). The van der Waals surface area contributed by atoms with Crippen molar-refractivity contribution in [2.24, 2.45) is 10.9 Å². The van der Waals surface area contributed by atoms with Crippen molar-refractivity contribution in [1.29, 1.82) is 0 Å². The molecule has 0 spiro atoms. The molecule has 26 heavy (non-hydrogen) atoms. The van der Waals surface area contributed by atoms with E-state index in [4.69, 9.17) is 4.74 Å². The highest BCUT2D eigenvalue weighted by molar-refractivity contribution is 5.79. The smallest absolute Gasteiger partial charge is 0.220 e. The molecule has 0 radical (unpaired) electrons. The van der Waals surface area contributed by atoms with Gasteiger partial charge >= 0.3 is 0 Å². The Morgan fingerprint density at radius 1 is 1.08 bits per heavy atom. The molecule has 0 unspecified atom stereocenters. The largest absolute Gasteiger partial charge is 0.492 e. The van der Waals surface area contributed by atoms with Gasteiger partial charge < -0.3 is 20.7 Å². The molecule has 144 valence electrons. The summed E-state index contributed by atoms with van der Waals surface area (Å²) >= 11 is 0. The Labute approximate surface area is 156 Å². The van der Waals surface area contributed by atoms with Gasteiger partial charge in [-0.2, -0.15) is 0 Å². The van der Waals surface area contributed by atoms with Gasteiger partial charge in [-0.3, -0.25) is 9.79 Å². The van der Waals surface area contributed by atoms with Crippen molar-refractivity contribution < 1.29 is 9.53 Å². The number of amides is 1. The van der Waals surface area contributed by atoms with E-state index in [0.29, 0.717) is 44.5 Å². The van der Waals surface area contributed by atoms with Crippen molar-refractivity contribution in [3.8, 4) is 5.75 Å². The molecule has 2 rings (SSSR count). The van der Waals surface area contributed by atoms with Crippen LogP contribution in [0.15, 0.2) is 29.3 Å². The molecular formula is C20H32N4O2. The zero-order chi connectivity index (χ0) is 18.6. The first-order valence-corrected chi connectivity index (χ1v) is 9.58. The minimum absolute atomic E-state index is 0.160. The predicted octanol–water partition coefficient (Wildman–Crippen LogP) is 2.24. The van der Waals surface area contributed by atoms with Crippen LogP contribution >= 0.6 is 0 Å². The molecule has 1 aromatic carbocycles. The highest BCUT2D eigenvalue weighted by Gasteiger charge is 2.17. The van der Waals surface area contributed by atoms with Crippen LogP contribution in [0.3, 0.4) is 0 Å². The Morgan fingerprint density at radius 2 is 1.73 bits per heavy atom. The SMILES string of the molecule is CN=C(NCCNC(=O)CC1CCCC1)NCCOc1ccc(C)cc1. The quantitative estimate of drug-likeness (QED) is 0.359. The van der Waals surface area contributed by atoms with Gasteiger partial charge in [0.05, 0.1) is 6.54 Å². The van der Waals surface area contributed by atoms with Gasteiger partial charge in [-0.1, -0.05) is 30.5 Å². The van der Waals surface area contributed by atoms with Gasteiger partial charge in [0, 0.05) is 26.6 Å². The Hall–Kier alpha value is -2.24. The molecule has 1 aliphatic carbocycles. The fourth-order valence-corrected chi connectivity index (χ4v) is 3.13. The maximum absolute atomic E-state index is 11.9. The number of ether oxygens (including phenoxy) is 1. The molecule has 0 heterocycles. The van der Waals surface area contributed by atoms with Gasteiger partial charge in [-0.15, -0.1) is 0 Å². The molecule has 6 heteroatoms. The summed E-state index contributed by atoms with van der Waals surface area (Å²) in [5, 5.41) is 9.37. The van der Waals surface area contributed by atoms with E-state index in [9.17, 15) is 4.79 Å². The zero-order valence-electron chi connectivity index (χ0n) is 16.0. The highest BCUT2D eigenvalue weighted by Crippen LogP contribution is 2.27. The second-order valence-corrected chi connectivity index (χ2v) is 6.79. The number of guanidine groups is 1. The third-order valence-electron chi connectivity index (χ3n) is 4.60. The number of benzene rings is 1. The minimum Gasteiger partial charge on any atom is -0.492 e. The van der Waals surface area contributed by atoms with Crippen LogP contribution in [0.4, 0.5) is 0 Å². The molecular weight excluding hydrogens is 328 g/mol. The highest BCUT2D eigenvalue weighted by atomic mass is 16.5. The fourth-order valence-electron chi connectivity index (χ4n) is 3.13. The number of hydrogen-bond acceptors (Lipinski definition) is 3. The van der Waals surface area contributed by atoms with Crippen LogP contribution < -0.4 is 20.7 Å². The lowest BCUT2D eigenvalue weighted by atomic mass is 10.0. The summed E-state index contributed by atoms with van der Waals surface area (Å²) in [6.07, 6.45) is 5.62. The van der Waals surface area contributed by atoms with E-state index in [0.717, 1.165) is 5.75 Å². The van der Waals surface area contributed by atoms with Crippen molar-refractivity contribution in [2.75, 3.05) is 33.3 Å². The fraction of sp³-hybridized carbons (Fsp3) is 0.600. The van der Waals surface area contributed by atoms with Crippen molar-refractivity contribution in [2.45, 2.75) is 39.0 Å². The van der Waals surface area contributed by atoms with Crippen LogP contribution in [-0.2, 0) is 4.79 Å². The summed E-state index contributed by atoms with van der Waals surface area (Å²) in [7, 11) is 1.73. The van der Waals surface area contributed by atoms with Crippen molar-refractivity contribution in [1.82, 2.24) is 16.0 Å². The summed E-state index contributed by atoms with van der Waals surface area (Å²) in [5.74, 6) is 2.33. The van der Waals surface area contributed by atoms with Crippen LogP contribution in [-0.4, -0.2) is 45.2 Å². The van der Waals surface area contributed by atoms with Gasteiger partial charge in [-0.05, 0) is 37.8 Å². The van der Waals surface area contributed by atoms with Crippen LogP contribution in [0, 0.1) is 12.8 Å². The maximum Gasteiger partial charge on any atom is 0.220 e. The van der Waals surface area contributed by atoms with E-state index in [1.807, 2.05) is 24.3 Å². The number of nitrogens with zero attached hydrogens (tertiary/aromatic N) is 1. The van der Waals surface area contributed by atoms with Gasteiger partial charge in [0.1, 0.15) is 12.4 Å². The number of carbonyl (C=O) groups excluding carboxylic acids is 1. The van der Waals surface area contributed by atoms with E-state index in [1.165, 1.54) is 31.2 Å². The zero-order valence-corrected chi connectivity index (χ0v) is 16.0. The van der Waals surface area contributed by atoms with E-state index in [2.05, 4.69) is 27.9 Å². The third-order valence-corrected chi connectivity index (χ3v) is 4.60. The lowest BCUT2D eigenvalue weighted by Crippen LogP contribution is -2.42. The van der Waals surface area contributed by atoms with Gasteiger partial charge in [0.15, 0.2) is 5.96 Å². The van der Waals surface area contributed by atoms with E-state index < -0.39 is 0 Å². The lowest BCUT2D eigenvalue weighted by molar-refractivity contribution is -0.121. The molecule has 1 fully saturated rings. The first-order valence-electron chi connectivity index (χ1n) is 9.58. The maximum atomic E-state index is 11.9. The number of carbonyl (C=O) groups is 1. The van der Waals surface area contributed by atoms with Gasteiger partial charge in [0.2, 0.25) is 5.91 Å². The van der Waals surface area contributed by atoms with Gasteiger partial charge in [-0.25, -0.2) is 0 Å². The number of aryl methyl sites for hydroxylation is 1. The Morgan fingerprint density at radius 3 is 2.42 bits per heavy atom. The molecule has 1 saturated carbocycles. The van der Waals surface area contributed by atoms with Crippen LogP contribution in [0.25, 0.3) is 0 Å². The van der Waals surface area contributed by atoms with Crippen LogP contribution in [0.5, 0.6) is 5.75 Å². The Bertz CT molecular complexity index is 566. The summed E-state index contributed by atoms with van der Waals surface area (Å²) in [4.78, 5) is 16.0. The normalized spacial score (nSPS) is 14.9. The Kier molecular flexibility index (Phi) is 8.79. The summed E-state index contributed by atoms with van der Waals surface area (Å²) in [6.45, 7) is 4.52. The third kappa shape index (κ3) is 7.76. The second kappa shape index (κ2) is 11.4. The predicted molar refractivity (Wildman–Crippen MR) is 106 cm³/mol. The van der Waals surface area contributed by atoms with E-state index in [-0.39, 0.29) is 5.91 Å². The molecule has 6 nitrogen and oxygen atoms in total. The number of rotatable bonds is 9. The van der Waals surface area contributed by atoms with Crippen molar-refractivity contribution in [3.05, 3.63) is 29.8 Å². The molecule has 1 amide bonds. The molecule has 0 bridgehead atoms. The summed E-state index contributed by atoms with van der Waals surface area (Å²) in [6, 6.07) is 8.00. The van der Waals surface area contributed by atoms with Gasteiger partial charge in [0.25, 0.3) is 0 Å². The average Bonchev–Trinajstić information content (AvgIpc) is 3.14. The molecule has 3 N–H and O–H groups in total. The van der Waals surface area contributed by atoms with Crippen LogP contribution in [0.2, 0.25) is 0 Å². The van der Waals surface area contributed by atoms with E-state index >= 15 is 0 Å². The van der Waals surface area contributed by atoms with Crippen LogP contribution in [0.1, 0.15) is 37.7 Å². The minimum atomic E-state index is 0.160. The Balaban J connectivity index is 1.51.